The van der Waals surface area contributed by atoms with Crippen molar-refractivity contribution in [3.8, 4) is 11.1 Å². The average Bonchev–Trinajstić information content (AvgIpc) is 3.28. The predicted molar refractivity (Wildman–Crippen MR) is 121 cm³/mol. The fraction of sp³-hybridized carbons (Fsp3) is 0.400. The molecule has 2 aromatic rings. The highest BCUT2D eigenvalue weighted by molar-refractivity contribution is 5.83. The van der Waals surface area contributed by atoms with Gasteiger partial charge in [0.2, 0.25) is 5.91 Å². The number of carbonyl (C=O) groups is 3. The predicted octanol–water partition coefficient (Wildman–Crippen LogP) is 3.31. The van der Waals surface area contributed by atoms with Gasteiger partial charge >= 0.3 is 12.2 Å². The number of hydrogen-bond acceptors (Lipinski definition) is 4. The molecule has 172 valence electrons. The molecule has 2 aromatic carbocycles. The second kappa shape index (κ2) is 8.77. The number of nitrogens with zero attached hydrogens (tertiary/aromatic N) is 1. The van der Waals surface area contributed by atoms with Gasteiger partial charge in [0.25, 0.3) is 0 Å². The van der Waals surface area contributed by atoms with Crippen LogP contribution >= 0.6 is 0 Å². The van der Waals surface area contributed by atoms with Crippen LogP contribution in [0.1, 0.15) is 42.7 Å². The van der Waals surface area contributed by atoms with Crippen LogP contribution in [0.5, 0.6) is 0 Å². The Kier molecular flexibility index (Phi) is 5.66. The molecule has 0 saturated carbocycles. The maximum absolute atomic E-state index is 12.3. The molecule has 1 aliphatic carbocycles. The van der Waals surface area contributed by atoms with Gasteiger partial charge in [-0.15, -0.1) is 0 Å². The highest BCUT2D eigenvalue weighted by Crippen LogP contribution is 2.44. The van der Waals surface area contributed by atoms with Crippen LogP contribution in [0.25, 0.3) is 11.1 Å². The third-order valence-corrected chi connectivity index (χ3v) is 7.06. The number of carbonyl (C=O) groups excluding carboxylic acids is 2. The van der Waals surface area contributed by atoms with E-state index in [1.807, 2.05) is 24.3 Å². The normalized spacial score (nSPS) is 22.9. The highest BCUT2D eigenvalue weighted by Gasteiger charge is 2.43. The summed E-state index contributed by atoms with van der Waals surface area (Å²) in [6.07, 6.45) is 1.37. The quantitative estimate of drug-likeness (QED) is 0.649. The molecule has 0 radical (unpaired) electrons. The summed E-state index contributed by atoms with van der Waals surface area (Å²) in [7, 11) is 0. The van der Waals surface area contributed by atoms with E-state index in [-0.39, 0.29) is 43.1 Å². The van der Waals surface area contributed by atoms with Gasteiger partial charge in [-0.1, -0.05) is 48.5 Å². The van der Waals surface area contributed by atoms with Crippen LogP contribution in [0.15, 0.2) is 48.5 Å². The van der Waals surface area contributed by atoms with Crippen LogP contribution in [-0.2, 0) is 9.53 Å². The van der Waals surface area contributed by atoms with Crippen molar-refractivity contribution in [1.29, 1.82) is 0 Å². The van der Waals surface area contributed by atoms with Gasteiger partial charge in [0.05, 0.1) is 0 Å². The smallest absolute Gasteiger partial charge is 0.407 e. The maximum Gasteiger partial charge on any atom is 0.407 e. The number of amides is 3. The molecule has 33 heavy (non-hydrogen) atoms. The van der Waals surface area contributed by atoms with Crippen molar-refractivity contribution >= 4 is 18.1 Å². The molecule has 2 heterocycles. The number of alkyl carbamates (subject to hydrolysis) is 1. The summed E-state index contributed by atoms with van der Waals surface area (Å²) in [5, 5.41) is 14.8. The van der Waals surface area contributed by atoms with Crippen LogP contribution in [0.3, 0.4) is 0 Å². The Morgan fingerprint density at radius 3 is 2.09 bits per heavy atom. The Morgan fingerprint density at radius 2 is 1.52 bits per heavy atom. The van der Waals surface area contributed by atoms with Gasteiger partial charge in [0.15, 0.2) is 0 Å². The van der Waals surface area contributed by atoms with Crippen LogP contribution in [-0.4, -0.2) is 59.4 Å². The van der Waals surface area contributed by atoms with E-state index in [1.165, 1.54) is 4.90 Å². The molecule has 0 unspecified atom stereocenters. The van der Waals surface area contributed by atoms with E-state index in [4.69, 9.17) is 4.74 Å². The average molecular weight is 450 g/mol. The van der Waals surface area contributed by atoms with E-state index in [1.54, 1.807) is 0 Å². The zero-order valence-corrected chi connectivity index (χ0v) is 18.2. The standard InChI is InChI=1S/C25H27N3O5/c29-23(27-15-11-16-9-10-17(12-15)28(16)25(31)32)13-26-24(30)33-14-22-20-7-3-1-5-18(20)19-6-2-4-8-21(19)22/h1-8,15-17,22H,9-14H2,(H,26,30)(H,27,29)(H,31,32)/t15-,16+,17-. The number of carboxylic acid groups (broad SMARTS) is 1. The molecule has 3 N–H and O–H groups in total. The Balaban J connectivity index is 1.10. The second-order valence-electron chi connectivity index (χ2n) is 8.99. The number of nitrogens with one attached hydrogen (secondary N) is 2. The molecule has 8 heteroatoms. The van der Waals surface area contributed by atoms with Gasteiger partial charge in [-0.05, 0) is 47.9 Å². The van der Waals surface area contributed by atoms with Crippen LogP contribution in [0.2, 0.25) is 0 Å². The number of piperidine rings is 1. The minimum atomic E-state index is -0.885. The van der Waals surface area contributed by atoms with Crippen LogP contribution < -0.4 is 10.6 Å². The summed E-state index contributed by atoms with van der Waals surface area (Å²) in [6, 6.07) is 16.1. The first-order chi connectivity index (χ1) is 16.0. The minimum absolute atomic E-state index is 0.0353. The Bertz CT molecular complexity index is 1030. The molecule has 3 atom stereocenters. The number of benzene rings is 2. The molecule has 2 fully saturated rings. The van der Waals surface area contributed by atoms with E-state index >= 15 is 0 Å². The third kappa shape index (κ3) is 4.13. The Hall–Kier alpha value is -3.55. The van der Waals surface area contributed by atoms with E-state index < -0.39 is 12.2 Å². The fourth-order valence-electron chi connectivity index (χ4n) is 5.69. The van der Waals surface area contributed by atoms with Gasteiger partial charge in [-0.2, -0.15) is 0 Å². The molecule has 3 amide bonds. The summed E-state index contributed by atoms with van der Waals surface area (Å²) in [5.41, 5.74) is 4.58. The van der Waals surface area contributed by atoms with Crippen molar-refractivity contribution in [3.05, 3.63) is 59.7 Å². The fourth-order valence-corrected chi connectivity index (χ4v) is 5.69. The van der Waals surface area contributed by atoms with Gasteiger partial charge in [-0.3, -0.25) is 4.79 Å². The molecule has 0 aromatic heterocycles. The molecule has 2 bridgehead atoms. The van der Waals surface area contributed by atoms with Gasteiger partial charge in [-0.25, -0.2) is 9.59 Å². The zero-order chi connectivity index (χ0) is 22.9. The molecule has 2 aliphatic heterocycles. The topological polar surface area (TPSA) is 108 Å². The molecular formula is C25H27N3O5. The summed E-state index contributed by atoms with van der Waals surface area (Å²) in [5.74, 6) is -0.330. The molecule has 2 saturated heterocycles. The first kappa shape index (κ1) is 21.3. The lowest BCUT2D eigenvalue weighted by Crippen LogP contribution is -2.53. The maximum atomic E-state index is 12.3. The van der Waals surface area contributed by atoms with Crippen molar-refractivity contribution in [2.75, 3.05) is 13.2 Å². The largest absolute Gasteiger partial charge is 0.465 e. The number of rotatable bonds is 5. The van der Waals surface area contributed by atoms with Gasteiger partial charge < -0.3 is 25.4 Å². The summed E-state index contributed by atoms with van der Waals surface area (Å²) in [4.78, 5) is 37.5. The van der Waals surface area contributed by atoms with Gasteiger partial charge in [0.1, 0.15) is 13.2 Å². The summed E-state index contributed by atoms with van der Waals surface area (Å²) < 4.78 is 5.46. The van der Waals surface area contributed by atoms with Crippen molar-refractivity contribution < 1.29 is 24.2 Å². The first-order valence-electron chi connectivity index (χ1n) is 11.4. The van der Waals surface area contributed by atoms with Crippen molar-refractivity contribution in [3.63, 3.8) is 0 Å². The van der Waals surface area contributed by atoms with E-state index in [2.05, 4.69) is 34.9 Å². The molecular weight excluding hydrogens is 422 g/mol. The zero-order valence-electron chi connectivity index (χ0n) is 18.2. The second-order valence-corrected chi connectivity index (χ2v) is 8.99. The molecule has 0 spiro atoms. The minimum Gasteiger partial charge on any atom is -0.465 e. The highest BCUT2D eigenvalue weighted by atomic mass is 16.5. The number of hydrogen-bond donors (Lipinski definition) is 3. The van der Waals surface area contributed by atoms with Gasteiger partial charge in [0, 0.05) is 24.0 Å². The molecule has 3 aliphatic rings. The third-order valence-electron chi connectivity index (χ3n) is 7.06. The lowest BCUT2D eigenvalue weighted by Gasteiger charge is -2.37. The Morgan fingerprint density at radius 1 is 0.939 bits per heavy atom. The van der Waals surface area contributed by atoms with Crippen molar-refractivity contribution in [2.45, 2.75) is 49.7 Å². The van der Waals surface area contributed by atoms with Crippen LogP contribution in [0, 0.1) is 0 Å². The van der Waals surface area contributed by atoms with E-state index in [0.717, 1.165) is 35.1 Å². The summed E-state index contributed by atoms with van der Waals surface area (Å²) in [6.45, 7) is 0.0175. The molecule has 8 nitrogen and oxygen atoms in total. The van der Waals surface area contributed by atoms with Crippen molar-refractivity contribution in [2.24, 2.45) is 0 Å². The molecule has 5 rings (SSSR count). The first-order valence-corrected chi connectivity index (χ1v) is 11.4. The SMILES string of the molecule is O=C(CNC(=O)OCC1c2ccccc2-c2ccccc21)N[C@H]1C[C@H]2CC[C@@H](C1)N2C(=O)O. The monoisotopic (exact) mass is 449 g/mol. The number of fused-ring (bicyclic) bond motifs is 5. The number of ether oxygens (including phenoxy) is 1. The van der Waals surface area contributed by atoms with E-state index in [0.29, 0.717) is 12.8 Å². The lowest BCUT2D eigenvalue weighted by molar-refractivity contribution is -0.121. The van der Waals surface area contributed by atoms with E-state index in [9.17, 15) is 19.5 Å². The summed E-state index contributed by atoms with van der Waals surface area (Å²) >= 11 is 0. The van der Waals surface area contributed by atoms with Crippen LogP contribution in [0.4, 0.5) is 9.59 Å². The van der Waals surface area contributed by atoms with Crippen molar-refractivity contribution in [1.82, 2.24) is 15.5 Å². The Labute approximate surface area is 191 Å². The lowest BCUT2D eigenvalue weighted by atomic mass is 9.98.